The van der Waals surface area contributed by atoms with Gasteiger partial charge in [0.15, 0.2) is 0 Å². The normalized spacial score (nSPS) is 21.7. The van der Waals surface area contributed by atoms with E-state index in [-0.39, 0.29) is 30.3 Å². The Morgan fingerprint density at radius 1 is 1.17 bits per heavy atom. The molecule has 1 fully saturated rings. The predicted octanol–water partition coefficient (Wildman–Crippen LogP) is 2.57. The molecule has 1 aromatic carbocycles. The van der Waals surface area contributed by atoms with Gasteiger partial charge in [-0.05, 0) is 57.3 Å². The highest BCUT2D eigenvalue weighted by molar-refractivity contribution is 5.96. The van der Waals surface area contributed by atoms with Crippen molar-refractivity contribution in [1.29, 1.82) is 0 Å². The zero-order valence-electron chi connectivity index (χ0n) is 14.0. The summed E-state index contributed by atoms with van der Waals surface area (Å²) in [7, 11) is 0. The summed E-state index contributed by atoms with van der Waals surface area (Å²) in [6.45, 7) is 3.86. The number of anilines is 1. The molecule has 0 bridgehead atoms. The van der Waals surface area contributed by atoms with E-state index in [0.717, 1.165) is 18.5 Å². The Labute approximate surface area is 149 Å². The van der Waals surface area contributed by atoms with Crippen LogP contribution < -0.4 is 4.90 Å². The molecule has 6 heteroatoms. The van der Waals surface area contributed by atoms with E-state index >= 15 is 0 Å². The van der Waals surface area contributed by atoms with Gasteiger partial charge in [-0.15, -0.1) is 12.4 Å². The van der Waals surface area contributed by atoms with Crippen molar-refractivity contribution in [2.24, 2.45) is 5.92 Å². The number of likely N-dealkylation sites (tertiary alicyclic amines) is 1. The van der Waals surface area contributed by atoms with Crippen LogP contribution in [-0.2, 0) is 16.0 Å². The van der Waals surface area contributed by atoms with Crippen LogP contribution in [0, 0.1) is 5.92 Å². The molecule has 0 aromatic heterocycles. The lowest BCUT2D eigenvalue weighted by Gasteiger charge is -2.37. The van der Waals surface area contributed by atoms with Crippen molar-refractivity contribution < 1.29 is 14.7 Å². The van der Waals surface area contributed by atoms with Gasteiger partial charge in [0, 0.05) is 11.7 Å². The number of amides is 1. The SMILES string of the molecule is CC1CCc2ccccc2N1C(=O)CN1CCC(C(=O)O)CC1.Cl. The van der Waals surface area contributed by atoms with Gasteiger partial charge in [0.05, 0.1) is 12.5 Å². The van der Waals surface area contributed by atoms with Gasteiger partial charge < -0.3 is 10.0 Å². The van der Waals surface area contributed by atoms with Crippen molar-refractivity contribution in [3.63, 3.8) is 0 Å². The summed E-state index contributed by atoms with van der Waals surface area (Å²) in [4.78, 5) is 27.9. The Kier molecular flexibility index (Phi) is 6.24. The minimum absolute atomic E-state index is 0. The number of carbonyl (C=O) groups excluding carboxylic acids is 1. The van der Waals surface area contributed by atoms with E-state index in [1.54, 1.807) is 0 Å². The van der Waals surface area contributed by atoms with Gasteiger partial charge >= 0.3 is 5.97 Å². The summed E-state index contributed by atoms with van der Waals surface area (Å²) >= 11 is 0. The number of carboxylic acids is 1. The van der Waals surface area contributed by atoms with Crippen LogP contribution in [0.2, 0.25) is 0 Å². The molecule has 3 rings (SSSR count). The number of hydrogen-bond donors (Lipinski definition) is 1. The molecule has 2 heterocycles. The van der Waals surface area contributed by atoms with Crippen LogP contribution in [0.3, 0.4) is 0 Å². The van der Waals surface area contributed by atoms with Gasteiger partial charge in [-0.1, -0.05) is 18.2 Å². The Morgan fingerprint density at radius 3 is 2.50 bits per heavy atom. The Hall–Kier alpha value is -1.59. The fraction of sp³-hybridized carbons (Fsp3) is 0.556. The predicted molar refractivity (Wildman–Crippen MR) is 95.8 cm³/mol. The van der Waals surface area contributed by atoms with Gasteiger partial charge in [0.2, 0.25) is 5.91 Å². The highest BCUT2D eigenvalue weighted by Gasteiger charge is 2.31. The lowest BCUT2D eigenvalue weighted by molar-refractivity contribution is -0.143. The van der Waals surface area contributed by atoms with Crippen molar-refractivity contribution in [3.8, 4) is 0 Å². The van der Waals surface area contributed by atoms with Gasteiger partial charge in [-0.2, -0.15) is 0 Å². The molecule has 1 unspecified atom stereocenters. The number of fused-ring (bicyclic) bond motifs is 1. The summed E-state index contributed by atoms with van der Waals surface area (Å²) < 4.78 is 0. The average Bonchev–Trinajstić information content (AvgIpc) is 2.55. The van der Waals surface area contributed by atoms with Crippen LogP contribution in [-0.4, -0.2) is 47.6 Å². The second-order valence-corrected chi connectivity index (χ2v) is 6.67. The molecule has 132 valence electrons. The third-order valence-electron chi connectivity index (χ3n) is 5.09. The molecule has 2 aliphatic heterocycles. The zero-order valence-corrected chi connectivity index (χ0v) is 14.8. The molecule has 2 aliphatic rings. The van der Waals surface area contributed by atoms with Crippen LogP contribution in [0.1, 0.15) is 31.7 Å². The summed E-state index contributed by atoms with van der Waals surface area (Å²) in [5.41, 5.74) is 2.28. The van der Waals surface area contributed by atoms with Crippen molar-refractivity contribution >= 4 is 30.0 Å². The number of hydrogen-bond acceptors (Lipinski definition) is 3. The van der Waals surface area contributed by atoms with Crippen LogP contribution in [0.5, 0.6) is 0 Å². The van der Waals surface area contributed by atoms with E-state index in [1.807, 2.05) is 23.1 Å². The van der Waals surface area contributed by atoms with E-state index < -0.39 is 5.97 Å². The second-order valence-electron chi connectivity index (χ2n) is 6.67. The topological polar surface area (TPSA) is 60.9 Å². The van der Waals surface area contributed by atoms with Crippen LogP contribution in [0.4, 0.5) is 5.69 Å². The standard InChI is InChI=1S/C18H24N2O3.ClH/c1-13-6-7-14-4-2-3-5-16(14)20(13)17(21)12-19-10-8-15(9-11-19)18(22)23;/h2-5,13,15H,6-12H2,1H3,(H,22,23);1H. The summed E-state index contributed by atoms with van der Waals surface area (Å²) in [6.07, 6.45) is 3.28. The summed E-state index contributed by atoms with van der Waals surface area (Å²) in [5, 5.41) is 9.06. The first kappa shape index (κ1) is 18.7. The number of nitrogens with zero attached hydrogens (tertiary/aromatic N) is 2. The number of rotatable bonds is 3. The van der Waals surface area contributed by atoms with E-state index in [2.05, 4.69) is 17.9 Å². The lowest BCUT2D eigenvalue weighted by atomic mass is 9.95. The van der Waals surface area contributed by atoms with Crippen LogP contribution in [0.25, 0.3) is 0 Å². The number of benzene rings is 1. The Morgan fingerprint density at radius 2 is 1.83 bits per heavy atom. The van der Waals surface area contributed by atoms with Crippen molar-refractivity contribution in [3.05, 3.63) is 29.8 Å². The first-order valence-corrected chi connectivity index (χ1v) is 8.41. The van der Waals surface area contributed by atoms with E-state index in [9.17, 15) is 9.59 Å². The maximum absolute atomic E-state index is 12.8. The van der Waals surface area contributed by atoms with E-state index in [4.69, 9.17) is 5.11 Å². The third kappa shape index (κ3) is 3.90. The first-order chi connectivity index (χ1) is 11.1. The van der Waals surface area contributed by atoms with Gasteiger partial charge in [0.1, 0.15) is 0 Å². The largest absolute Gasteiger partial charge is 0.481 e. The molecule has 1 aromatic rings. The fourth-order valence-corrected chi connectivity index (χ4v) is 3.67. The molecule has 1 saturated heterocycles. The second kappa shape index (κ2) is 7.99. The number of aliphatic carboxylic acids is 1. The molecule has 24 heavy (non-hydrogen) atoms. The molecule has 1 atom stereocenters. The highest BCUT2D eigenvalue weighted by Crippen LogP contribution is 2.30. The molecule has 1 N–H and O–H groups in total. The molecule has 0 spiro atoms. The van der Waals surface area contributed by atoms with Gasteiger partial charge in [-0.3, -0.25) is 14.5 Å². The van der Waals surface area contributed by atoms with Gasteiger partial charge in [0.25, 0.3) is 0 Å². The number of piperidine rings is 1. The fourth-order valence-electron chi connectivity index (χ4n) is 3.67. The molecule has 0 radical (unpaired) electrons. The van der Waals surface area contributed by atoms with Crippen LogP contribution >= 0.6 is 12.4 Å². The van der Waals surface area contributed by atoms with E-state index in [0.29, 0.717) is 32.5 Å². The third-order valence-corrected chi connectivity index (χ3v) is 5.09. The highest BCUT2D eigenvalue weighted by atomic mass is 35.5. The van der Waals surface area contributed by atoms with Gasteiger partial charge in [-0.25, -0.2) is 0 Å². The molecule has 1 amide bonds. The molecular weight excluding hydrogens is 328 g/mol. The maximum Gasteiger partial charge on any atom is 0.306 e. The molecule has 0 saturated carbocycles. The first-order valence-electron chi connectivity index (χ1n) is 8.41. The summed E-state index contributed by atoms with van der Waals surface area (Å²) in [5.74, 6) is -0.844. The Balaban J connectivity index is 0.00000208. The number of carboxylic acid groups (broad SMARTS) is 1. The average molecular weight is 353 g/mol. The van der Waals surface area contributed by atoms with Crippen molar-refractivity contribution in [1.82, 2.24) is 4.90 Å². The minimum atomic E-state index is -0.713. The molecule has 5 nitrogen and oxygen atoms in total. The number of aryl methyl sites for hydroxylation is 1. The lowest BCUT2D eigenvalue weighted by Crippen LogP contribution is -2.48. The quantitative estimate of drug-likeness (QED) is 0.908. The van der Waals surface area contributed by atoms with E-state index in [1.165, 1.54) is 5.56 Å². The van der Waals surface area contributed by atoms with Crippen molar-refractivity contribution in [2.45, 2.75) is 38.6 Å². The van der Waals surface area contributed by atoms with Crippen LogP contribution in [0.15, 0.2) is 24.3 Å². The monoisotopic (exact) mass is 352 g/mol. The van der Waals surface area contributed by atoms with Crippen molar-refractivity contribution in [2.75, 3.05) is 24.5 Å². The number of halogens is 1. The smallest absolute Gasteiger partial charge is 0.306 e. The zero-order chi connectivity index (χ0) is 16.4. The molecule has 0 aliphatic carbocycles. The molecular formula is C18H25ClN2O3. The maximum atomic E-state index is 12.8. The number of carbonyl (C=O) groups is 2. The minimum Gasteiger partial charge on any atom is -0.481 e. The summed E-state index contributed by atoms with van der Waals surface area (Å²) in [6, 6.07) is 8.34. The number of para-hydroxylation sites is 1. The Bertz CT molecular complexity index is 600.